The Balaban J connectivity index is 1.75. The Morgan fingerprint density at radius 1 is 1.20 bits per heavy atom. The van der Waals surface area contributed by atoms with Crippen molar-refractivity contribution in [2.24, 2.45) is 10.4 Å². The number of ether oxygens (including phenoxy) is 2. The molecule has 12 heteroatoms. The van der Waals surface area contributed by atoms with E-state index >= 15 is 0 Å². The molecule has 0 saturated heterocycles. The van der Waals surface area contributed by atoms with Crippen LogP contribution < -0.4 is 5.32 Å². The summed E-state index contributed by atoms with van der Waals surface area (Å²) in [6.45, 7) is 14.0. The van der Waals surface area contributed by atoms with Crippen LogP contribution >= 0.6 is 11.8 Å². The normalized spacial score (nSPS) is 16.8. The largest absolute Gasteiger partial charge is 0.480 e. The lowest BCUT2D eigenvalue weighted by molar-refractivity contribution is -0.139. The van der Waals surface area contributed by atoms with Gasteiger partial charge in [-0.3, -0.25) is 9.98 Å². The monoisotopic (exact) mass is 639 g/mol. The smallest absolute Gasteiger partial charge is 0.408 e. The van der Waals surface area contributed by atoms with Crippen molar-refractivity contribution in [3.8, 4) is 11.3 Å². The highest BCUT2D eigenvalue weighted by atomic mass is 32.2. The van der Waals surface area contributed by atoms with Crippen LogP contribution in [0.2, 0.25) is 0 Å². The van der Waals surface area contributed by atoms with Crippen LogP contribution in [0.5, 0.6) is 0 Å². The van der Waals surface area contributed by atoms with Gasteiger partial charge in [0.2, 0.25) is 0 Å². The van der Waals surface area contributed by atoms with E-state index in [-0.39, 0.29) is 25.2 Å². The molecule has 244 valence electrons. The van der Waals surface area contributed by atoms with Crippen LogP contribution in [-0.4, -0.2) is 73.0 Å². The van der Waals surface area contributed by atoms with Gasteiger partial charge < -0.3 is 29.6 Å². The Kier molecular flexibility index (Phi) is 10.6. The van der Waals surface area contributed by atoms with E-state index in [2.05, 4.69) is 33.9 Å². The number of fused-ring (bicyclic) bond motifs is 1. The maximum absolute atomic E-state index is 12.3. The van der Waals surface area contributed by atoms with Gasteiger partial charge in [0, 0.05) is 49.8 Å². The SMILES string of the molecule is CCn1c(-c2cccnc2[C@H](C)OC)c(CC(C)(C)CO)c2nc(C3CSC(C[C@H](NC(=O)OC(C)(C)C)C(=O)O)=N3)ccc21. The van der Waals surface area contributed by atoms with E-state index in [1.165, 1.54) is 11.8 Å². The summed E-state index contributed by atoms with van der Waals surface area (Å²) in [5.41, 5.74) is 5.26. The number of carbonyl (C=O) groups is 2. The summed E-state index contributed by atoms with van der Waals surface area (Å²) < 4.78 is 13.2. The van der Waals surface area contributed by atoms with E-state index in [1.54, 1.807) is 34.1 Å². The molecule has 1 amide bonds. The Labute approximate surface area is 268 Å². The number of aliphatic carboxylic acids is 1. The lowest BCUT2D eigenvalue weighted by Crippen LogP contribution is -2.44. The molecule has 45 heavy (non-hydrogen) atoms. The molecule has 1 aliphatic rings. The second kappa shape index (κ2) is 13.9. The third-order valence-electron chi connectivity index (χ3n) is 7.68. The maximum Gasteiger partial charge on any atom is 0.408 e. The number of alkyl carbamates (subject to hydrolysis) is 1. The second-order valence-electron chi connectivity index (χ2n) is 13.1. The van der Waals surface area contributed by atoms with Crippen LogP contribution in [0.15, 0.2) is 35.5 Å². The summed E-state index contributed by atoms with van der Waals surface area (Å²) in [4.78, 5) is 38.9. The minimum atomic E-state index is -1.17. The van der Waals surface area contributed by atoms with Gasteiger partial charge in [-0.2, -0.15) is 0 Å². The number of rotatable bonds is 12. The van der Waals surface area contributed by atoms with E-state index < -0.39 is 29.1 Å². The summed E-state index contributed by atoms with van der Waals surface area (Å²) in [6, 6.07) is 6.58. The molecule has 4 rings (SSSR count). The van der Waals surface area contributed by atoms with Gasteiger partial charge in [-0.15, -0.1) is 11.8 Å². The Morgan fingerprint density at radius 3 is 2.56 bits per heavy atom. The zero-order valence-electron chi connectivity index (χ0n) is 27.4. The topological polar surface area (TPSA) is 148 Å². The number of methoxy groups -OCH3 is 1. The Bertz CT molecular complexity index is 1580. The first-order valence-corrected chi connectivity index (χ1v) is 16.2. The number of hydrogen-bond acceptors (Lipinski definition) is 9. The number of aliphatic hydroxyl groups excluding tert-OH is 1. The molecule has 0 aromatic carbocycles. The standard InChI is InChI=1S/C33H45N5O6S/c1-9-38-25-13-12-22(24-17-45-26(35-24)15-23(30(40)41)37-31(42)44-32(3,4)5)36-28(25)21(16-33(6,7)18-39)29(38)20-11-10-14-34-27(20)19(2)43-8/h10-14,19,23-24,39H,9,15-18H2,1-8H3,(H,37,42)(H,40,41)/t19-,23-,24?/m0/s1. The second-order valence-corrected chi connectivity index (χ2v) is 14.2. The van der Waals surface area contributed by atoms with Crippen LogP contribution in [-0.2, 0) is 27.2 Å². The highest BCUT2D eigenvalue weighted by Gasteiger charge is 2.31. The number of nitrogens with zero attached hydrogens (tertiary/aromatic N) is 4. The van der Waals surface area contributed by atoms with Gasteiger partial charge >= 0.3 is 12.1 Å². The molecule has 1 aliphatic heterocycles. The third kappa shape index (κ3) is 8.03. The number of aryl methyl sites for hydroxylation is 1. The first-order chi connectivity index (χ1) is 21.2. The molecule has 0 bridgehead atoms. The highest BCUT2D eigenvalue weighted by molar-refractivity contribution is 8.14. The van der Waals surface area contributed by atoms with E-state index in [4.69, 9.17) is 19.5 Å². The zero-order chi connectivity index (χ0) is 33.1. The molecule has 1 unspecified atom stereocenters. The van der Waals surface area contributed by atoms with Gasteiger partial charge in [-0.05, 0) is 70.7 Å². The molecule has 11 nitrogen and oxygen atoms in total. The van der Waals surface area contributed by atoms with Gasteiger partial charge in [0.1, 0.15) is 17.7 Å². The molecular weight excluding hydrogens is 594 g/mol. The minimum absolute atomic E-state index is 0.00823. The van der Waals surface area contributed by atoms with Gasteiger partial charge in [-0.1, -0.05) is 13.8 Å². The molecule has 0 spiro atoms. The number of thioether (sulfide) groups is 1. The maximum atomic E-state index is 12.3. The fourth-order valence-electron chi connectivity index (χ4n) is 5.39. The van der Waals surface area contributed by atoms with Crippen molar-refractivity contribution < 1.29 is 29.3 Å². The summed E-state index contributed by atoms with van der Waals surface area (Å²) in [5, 5.41) is 23.1. The van der Waals surface area contributed by atoms with Crippen LogP contribution in [0.4, 0.5) is 4.79 Å². The Hall–Kier alpha value is -3.48. The highest BCUT2D eigenvalue weighted by Crippen LogP contribution is 2.41. The van der Waals surface area contributed by atoms with Crippen molar-refractivity contribution in [3.05, 3.63) is 47.4 Å². The van der Waals surface area contributed by atoms with Crippen LogP contribution in [0.3, 0.4) is 0 Å². The lowest BCUT2D eigenvalue weighted by atomic mass is 9.85. The van der Waals surface area contributed by atoms with Crippen molar-refractivity contribution >= 4 is 39.9 Å². The summed E-state index contributed by atoms with van der Waals surface area (Å²) in [6.07, 6.45) is 1.39. The molecule has 0 aliphatic carbocycles. The molecule has 3 aromatic rings. The van der Waals surface area contributed by atoms with E-state index in [0.717, 1.165) is 39.2 Å². The van der Waals surface area contributed by atoms with E-state index in [9.17, 15) is 19.8 Å². The van der Waals surface area contributed by atoms with Gasteiger partial charge in [0.05, 0.1) is 39.3 Å². The van der Waals surface area contributed by atoms with Crippen LogP contribution in [0, 0.1) is 5.41 Å². The predicted molar refractivity (Wildman–Crippen MR) is 177 cm³/mol. The number of nitrogens with one attached hydrogen (secondary N) is 1. The number of hydrogen-bond donors (Lipinski definition) is 3. The van der Waals surface area contributed by atoms with Crippen molar-refractivity contribution in [2.45, 2.75) is 91.6 Å². The van der Waals surface area contributed by atoms with Crippen molar-refractivity contribution in [1.29, 1.82) is 0 Å². The number of aliphatic imine (C=N–C) groups is 1. The average molecular weight is 640 g/mol. The minimum Gasteiger partial charge on any atom is -0.480 e. The molecule has 3 aromatic heterocycles. The molecule has 4 heterocycles. The van der Waals surface area contributed by atoms with Gasteiger partial charge in [0.15, 0.2) is 0 Å². The quantitative estimate of drug-likeness (QED) is 0.219. The van der Waals surface area contributed by atoms with Crippen molar-refractivity contribution in [1.82, 2.24) is 19.9 Å². The molecule has 3 N–H and O–H groups in total. The van der Waals surface area contributed by atoms with Crippen LogP contribution in [0.1, 0.15) is 84.0 Å². The van der Waals surface area contributed by atoms with Crippen molar-refractivity contribution in [2.75, 3.05) is 19.5 Å². The number of aliphatic hydroxyl groups is 1. The van der Waals surface area contributed by atoms with Crippen molar-refractivity contribution in [3.63, 3.8) is 0 Å². The summed E-state index contributed by atoms with van der Waals surface area (Å²) in [5.74, 6) is -0.557. The molecular formula is C33H45N5O6S. The first-order valence-electron chi connectivity index (χ1n) is 15.2. The number of pyridine rings is 2. The number of aromatic nitrogens is 3. The predicted octanol–water partition coefficient (Wildman–Crippen LogP) is 5.94. The fraction of sp³-hybridized carbons (Fsp3) is 0.545. The van der Waals surface area contributed by atoms with Crippen LogP contribution in [0.25, 0.3) is 22.3 Å². The Morgan fingerprint density at radius 2 is 1.93 bits per heavy atom. The van der Waals surface area contributed by atoms with Gasteiger partial charge in [0.25, 0.3) is 0 Å². The number of carbonyl (C=O) groups excluding carboxylic acids is 1. The summed E-state index contributed by atoms with van der Waals surface area (Å²) >= 11 is 1.47. The lowest BCUT2D eigenvalue weighted by Gasteiger charge is -2.23. The van der Waals surface area contributed by atoms with Gasteiger partial charge in [-0.25, -0.2) is 14.6 Å². The first kappa shape index (κ1) is 34.4. The number of carboxylic acid groups (broad SMARTS) is 1. The third-order valence-corrected chi connectivity index (χ3v) is 8.76. The summed E-state index contributed by atoms with van der Waals surface area (Å²) in [7, 11) is 1.67. The number of amides is 1. The average Bonchev–Trinajstić information content (AvgIpc) is 3.57. The zero-order valence-corrected chi connectivity index (χ0v) is 28.2. The molecule has 0 radical (unpaired) electrons. The molecule has 3 atom stereocenters. The van der Waals surface area contributed by atoms with E-state index in [1.807, 2.05) is 32.9 Å². The number of carboxylic acids is 1. The van der Waals surface area contributed by atoms with E-state index in [0.29, 0.717) is 23.8 Å². The fourth-order valence-corrected chi connectivity index (χ4v) is 6.47. The molecule has 0 fully saturated rings. The molecule has 0 saturated carbocycles.